The first-order chi connectivity index (χ1) is 18.0. The summed E-state index contributed by atoms with van der Waals surface area (Å²) in [6, 6.07) is 7.36. The van der Waals surface area contributed by atoms with Crippen molar-refractivity contribution in [2.45, 2.75) is 62.2 Å². The molecule has 3 atom stereocenters. The summed E-state index contributed by atoms with van der Waals surface area (Å²) in [6.07, 6.45) is 5.60. The van der Waals surface area contributed by atoms with Crippen LogP contribution in [0.3, 0.4) is 0 Å². The van der Waals surface area contributed by atoms with E-state index in [9.17, 15) is 23.4 Å². The number of likely N-dealkylation sites (N-methyl/N-ethyl adjacent to an activating group) is 1. The maximum Gasteiger partial charge on any atom is 0.255 e. The van der Waals surface area contributed by atoms with Crippen molar-refractivity contribution in [2.24, 2.45) is 5.92 Å². The highest BCUT2D eigenvalue weighted by molar-refractivity contribution is 7.89. The molecule has 1 aliphatic heterocycles. The van der Waals surface area contributed by atoms with Gasteiger partial charge in [0.25, 0.3) is 5.91 Å². The van der Waals surface area contributed by atoms with Crippen LogP contribution in [0.15, 0.2) is 47.6 Å². The summed E-state index contributed by atoms with van der Waals surface area (Å²) in [5, 5.41) is 20.5. The normalized spacial score (nSPS) is 23.1. The third kappa shape index (κ3) is 6.02. The molecule has 1 saturated carbocycles. The zero-order valence-electron chi connectivity index (χ0n) is 22.0. The SMILES string of the molecule is C[C@H]1CN([C@@H](C)CO)S(=O)(=O)c2ccc(C#CC3(O)CCCC3)cc2O[C@H]1CN(C)C(=O)c1cccnc1. The summed E-state index contributed by atoms with van der Waals surface area (Å²) in [4.78, 5) is 18.5. The van der Waals surface area contributed by atoms with Gasteiger partial charge in [-0.3, -0.25) is 9.78 Å². The van der Waals surface area contributed by atoms with E-state index >= 15 is 0 Å². The van der Waals surface area contributed by atoms with Crippen LogP contribution in [0.4, 0.5) is 0 Å². The molecule has 0 bridgehead atoms. The molecule has 2 aliphatic rings. The number of fused-ring (bicyclic) bond motifs is 1. The Labute approximate surface area is 224 Å². The lowest BCUT2D eigenvalue weighted by Crippen LogP contribution is -2.50. The maximum absolute atomic E-state index is 13.7. The number of hydrogen-bond donors (Lipinski definition) is 2. The van der Waals surface area contributed by atoms with Gasteiger partial charge in [-0.2, -0.15) is 4.31 Å². The van der Waals surface area contributed by atoms with E-state index in [1.165, 1.54) is 21.5 Å². The number of nitrogens with zero attached hydrogens (tertiary/aromatic N) is 3. The second kappa shape index (κ2) is 11.4. The Kier molecular flexibility index (Phi) is 8.43. The predicted molar refractivity (Wildman–Crippen MR) is 142 cm³/mol. The van der Waals surface area contributed by atoms with Crippen molar-refractivity contribution < 1.29 is 28.2 Å². The highest BCUT2D eigenvalue weighted by atomic mass is 32.2. The van der Waals surface area contributed by atoms with E-state index in [0.29, 0.717) is 24.0 Å². The fourth-order valence-electron chi connectivity index (χ4n) is 4.86. The summed E-state index contributed by atoms with van der Waals surface area (Å²) in [5.74, 6) is 5.53. The molecule has 1 aromatic heterocycles. The van der Waals surface area contributed by atoms with Crippen molar-refractivity contribution in [3.63, 3.8) is 0 Å². The maximum atomic E-state index is 13.7. The predicted octanol–water partition coefficient (Wildman–Crippen LogP) is 2.28. The van der Waals surface area contributed by atoms with Gasteiger partial charge in [-0.25, -0.2) is 8.42 Å². The minimum absolute atomic E-state index is 0.0268. The minimum Gasteiger partial charge on any atom is -0.487 e. The van der Waals surface area contributed by atoms with Crippen LogP contribution in [0.25, 0.3) is 0 Å². The van der Waals surface area contributed by atoms with Gasteiger partial charge in [-0.1, -0.05) is 18.8 Å². The van der Waals surface area contributed by atoms with Crippen molar-refractivity contribution in [1.82, 2.24) is 14.2 Å². The fraction of sp³-hybridized carbons (Fsp3) is 0.500. The summed E-state index contributed by atoms with van der Waals surface area (Å²) in [5.41, 5.74) is -0.0704. The van der Waals surface area contributed by atoms with E-state index < -0.39 is 27.8 Å². The van der Waals surface area contributed by atoms with E-state index in [0.717, 1.165) is 12.8 Å². The van der Waals surface area contributed by atoms with Gasteiger partial charge in [0.2, 0.25) is 10.0 Å². The Hall–Kier alpha value is -2.97. The van der Waals surface area contributed by atoms with Crippen LogP contribution >= 0.6 is 0 Å². The molecular formula is C28H35N3O6S. The Balaban J connectivity index is 1.71. The molecule has 0 spiro atoms. The van der Waals surface area contributed by atoms with Crippen LogP contribution in [0, 0.1) is 17.8 Å². The van der Waals surface area contributed by atoms with Crippen LogP contribution in [0.2, 0.25) is 0 Å². The van der Waals surface area contributed by atoms with Crippen LogP contribution in [-0.4, -0.2) is 83.2 Å². The van der Waals surface area contributed by atoms with Crippen molar-refractivity contribution in [3.8, 4) is 17.6 Å². The van der Waals surface area contributed by atoms with Crippen molar-refractivity contribution in [1.29, 1.82) is 0 Å². The number of benzene rings is 1. The van der Waals surface area contributed by atoms with Crippen LogP contribution < -0.4 is 4.74 Å². The molecule has 2 N–H and O–H groups in total. The molecule has 1 fully saturated rings. The second-order valence-corrected chi connectivity index (χ2v) is 12.2. The lowest BCUT2D eigenvalue weighted by Gasteiger charge is -2.37. The molecular weight excluding hydrogens is 506 g/mol. The highest BCUT2D eigenvalue weighted by Gasteiger charge is 2.38. The van der Waals surface area contributed by atoms with Crippen molar-refractivity contribution in [2.75, 3.05) is 26.7 Å². The quantitative estimate of drug-likeness (QED) is 0.557. The fourth-order valence-corrected chi connectivity index (χ4v) is 6.68. The molecule has 204 valence electrons. The number of aliphatic hydroxyl groups excluding tert-OH is 1. The summed E-state index contributed by atoms with van der Waals surface area (Å²) in [6.45, 7) is 3.49. The number of rotatable bonds is 5. The number of carbonyl (C=O) groups excluding carboxylic acids is 1. The summed E-state index contributed by atoms with van der Waals surface area (Å²) < 4.78 is 34.9. The molecule has 2 aromatic rings. The molecule has 0 radical (unpaired) electrons. The molecule has 9 nitrogen and oxygen atoms in total. The molecule has 0 unspecified atom stereocenters. The Morgan fingerprint density at radius 2 is 2.05 bits per heavy atom. The molecule has 1 amide bonds. The molecule has 38 heavy (non-hydrogen) atoms. The first-order valence-electron chi connectivity index (χ1n) is 12.9. The minimum atomic E-state index is -4.00. The zero-order chi connectivity index (χ0) is 27.5. The van der Waals surface area contributed by atoms with Crippen molar-refractivity contribution >= 4 is 15.9 Å². The first-order valence-corrected chi connectivity index (χ1v) is 14.3. The number of hydrogen-bond acceptors (Lipinski definition) is 7. The molecule has 10 heteroatoms. The number of carbonyl (C=O) groups is 1. The Morgan fingerprint density at radius 1 is 1.32 bits per heavy atom. The Morgan fingerprint density at radius 3 is 2.71 bits per heavy atom. The number of pyridine rings is 1. The monoisotopic (exact) mass is 541 g/mol. The number of ether oxygens (including phenoxy) is 1. The number of aromatic nitrogens is 1. The topological polar surface area (TPSA) is 120 Å². The smallest absolute Gasteiger partial charge is 0.255 e. The molecule has 2 heterocycles. The van der Waals surface area contributed by atoms with Gasteiger partial charge < -0.3 is 19.8 Å². The molecule has 4 rings (SSSR count). The van der Waals surface area contributed by atoms with Crippen molar-refractivity contribution in [3.05, 3.63) is 53.9 Å². The Bertz CT molecular complexity index is 1320. The van der Waals surface area contributed by atoms with E-state index in [1.807, 2.05) is 6.92 Å². The summed E-state index contributed by atoms with van der Waals surface area (Å²) in [7, 11) is -2.33. The van der Waals surface area contributed by atoms with Crippen LogP contribution in [0.5, 0.6) is 5.75 Å². The summed E-state index contributed by atoms with van der Waals surface area (Å²) >= 11 is 0. The van der Waals surface area contributed by atoms with E-state index in [2.05, 4.69) is 16.8 Å². The van der Waals surface area contributed by atoms with Gasteiger partial charge in [-0.15, -0.1) is 0 Å². The largest absolute Gasteiger partial charge is 0.487 e. The van der Waals surface area contributed by atoms with Gasteiger partial charge in [0.15, 0.2) is 0 Å². The van der Waals surface area contributed by atoms with Crippen LogP contribution in [0.1, 0.15) is 55.5 Å². The average Bonchev–Trinajstić information content (AvgIpc) is 3.35. The number of sulfonamides is 1. The molecule has 1 aromatic carbocycles. The standard InChI is InChI=1S/C28H35N3O6S/c1-20-17-31(21(2)19-32)38(35,36)26-9-8-22(10-13-28(34)11-4-5-12-28)15-24(26)37-25(20)18-30(3)27(33)23-7-6-14-29-16-23/h6-9,14-16,20-21,25,32,34H,4-5,11-12,17-19H2,1-3H3/t20-,21-,25-/m0/s1. The van der Waals surface area contributed by atoms with Gasteiger partial charge in [0.1, 0.15) is 22.4 Å². The lowest BCUT2D eigenvalue weighted by atomic mass is 10.0. The second-order valence-electron chi connectivity index (χ2n) is 10.3. The molecule has 1 aliphatic carbocycles. The van der Waals surface area contributed by atoms with Gasteiger partial charge in [0.05, 0.1) is 18.7 Å². The van der Waals surface area contributed by atoms with Gasteiger partial charge in [-0.05, 0) is 62.9 Å². The van der Waals surface area contributed by atoms with E-state index in [-0.39, 0.29) is 42.2 Å². The molecule has 0 saturated heterocycles. The lowest BCUT2D eigenvalue weighted by molar-refractivity contribution is 0.0563. The first kappa shape index (κ1) is 28.0. The van der Waals surface area contributed by atoms with Crippen LogP contribution in [-0.2, 0) is 10.0 Å². The number of aliphatic hydroxyl groups is 2. The van der Waals surface area contributed by atoms with E-state index in [4.69, 9.17) is 4.74 Å². The zero-order valence-corrected chi connectivity index (χ0v) is 22.8. The third-order valence-electron chi connectivity index (χ3n) is 7.25. The average molecular weight is 542 g/mol. The highest BCUT2D eigenvalue weighted by Crippen LogP contribution is 2.34. The number of amides is 1. The third-order valence-corrected chi connectivity index (χ3v) is 9.27. The van der Waals surface area contributed by atoms with E-state index in [1.54, 1.807) is 44.4 Å². The van der Waals surface area contributed by atoms with Gasteiger partial charge >= 0.3 is 0 Å². The van der Waals surface area contributed by atoms with Gasteiger partial charge in [0, 0.05) is 43.5 Å².